The van der Waals surface area contributed by atoms with Crippen molar-refractivity contribution in [1.29, 1.82) is 0 Å². The van der Waals surface area contributed by atoms with Gasteiger partial charge in [-0.2, -0.15) is 5.10 Å². The summed E-state index contributed by atoms with van der Waals surface area (Å²) in [4.78, 5) is 15.4. The first-order valence-electron chi connectivity index (χ1n) is 5.34. The number of carbonyl (C=O) groups is 1. The van der Waals surface area contributed by atoms with Crippen LogP contribution in [0.5, 0.6) is 0 Å². The molecule has 0 unspecified atom stereocenters. The monoisotopic (exact) mass is 233 g/mol. The molecule has 0 spiro atoms. The molecule has 2 aromatic rings. The van der Waals surface area contributed by atoms with Crippen LogP contribution in [0.2, 0.25) is 0 Å². The van der Waals surface area contributed by atoms with Crippen molar-refractivity contribution in [1.82, 2.24) is 14.8 Å². The summed E-state index contributed by atoms with van der Waals surface area (Å²) >= 11 is 0. The molecule has 0 saturated carbocycles. The number of halogens is 1. The van der Waals surface area contributed by atoms with Gasteiger partial charge < -0.3 is 0 Å². The number of aryl methyl sites for hydroxylation is 1. The van der Waals surface area contributed by atoms with Crippen molar-refractivity contribution < 1.29 is 9.18 Å². The minimum Gasteiger partial charge on any atom is -0.294 e. The first kappa shape index (κ1) is 11.4. The molecule has 0 radical (unpaired) electrons. The minimum atomic E-state index is -0.583. The third kappa shape index (κ3) is 2.55. The van der Waals surface area contributed by atoms with Crippen LogP contribution in [0.1, 0.15) is 22.8 Å². The van der Waals surface area contributed by atoms with Crippen molar-refractivity contribution >= 4 is 5.78 Å². The van der Waals surface area contributed by atoms with E-state index >= 15 is 0 Å². The molecular weight excluding hydrogens is 221 g/mol. The molecule has 0 amide bonds. The van der Waals surface area contributed by atoms with Gasteiger partial charge in [-0.05, 0) is 18.6 Å². The summed E-state index contributed by atoms with van der Waals surface area (Å²) in [6, 6.07) is 1.39. The molecular formula is C12H12FN3O. The number of nitrogens with zero attached hydrogens (tertiary/aromatic N) is 3. The molecule has 2 aromatic heterocycles. The van der Waals surface area contributed by atoms with Gasteiger partial charge in [0, 0.05) is 25.4 Å². The van der Waals surface area contributed by atoms with Crippen molar-refractivity contribution in [3.8, 4) is 0 Å². The highest BCUT2D eigenvalue weighted by atomic mass is 19.1. The Hall–Kier alpha value is -2.04. The lowest BCUT2D eigenvalue weighted by molar-refractivity contribution is 0.0989. The van der Waals surface area contributed by atoms with Gasteiger partial charge in [-0.3, -0.25) is 14.5 Å². The van der Waals surface area contributed by atoms with Crippen LogP contribution in [0.4, 0.5) is 4.39 Å². The van der Waals surface area contributed by atoms with E-state index in [0.29, 0.717) is 0 Å². The number of aromatic nitrogens is 3. The first-order valence-corrected chi connectivity index (χ1v) is 5.34. The van der Waals surface area contributed by atoms with E-state index in [4.69, 9.17) is 0 Å². The molecule has 5 heteroatoms. The molecule has 4 nitrogen and oxygen atoms in total. The molecule has 2 heterocycles. The smallest absolute Gasteiger partial charge is 0.170 e. The van der Waals surface area contributed by atoms with Crippen LogP contribution in [0.15, 0.2) is 30.9 Å². The van der Waals surface area contributed by atoms with E-state index in [9.17, 15) is 9.18 Å². The Morgan fingerprint density at radius 2 is 2.29 bits per heavy atom. The van der Waals surface area contributed by atoms with Crippen molar-refractivity contribution in [2.45, 2.75) is 19.9 Å². The van der Waals surface area contributed by atoms with Gasteiger partial charge in [-0.15, -0.1) is 0 Å². The summed E-state index contributed by atoms with van der Waals surface area (Å²) in [5.41, 5.74) is 0.859. The second-order valence-corrected chi connectivity index (χ2v) is 3.66. The van der Waals surface area contributed by atoms with E-state index in [0.717, 1.165) is 18.3 Å². The molecule has 0 saturated heterocycles. The number of Topliss-reactive ketones (excluding diaryl/α,β-unsaturated/α-hetero) is 1. The number of rotatable bonds is 4. The van der Waals surface area contributed by atoms with Gasteiger partial charge in [0.2, 0.25) is 0 Å². The van der Waals surface area contributed by atoms with Crippen molar-refractivity contribution in [2.24, 2.45) is 0 Å². The molecule has 0 aliphatic heterocycles. The summed E-state index contributed by atoms with van der Waals surface area (Å²) in [7, 11) is 0. The van der Waals surface area contributed by atoms with Crippen molar-refractivity contribution in [3.63, 3.8) is 0 Å². The lowest BCUT2D eigenvalue weighted by Gasteiger charge is -1.99. The lowest BCUT2D eigenvalue weighted by Crippen LogP contribution is -2.06. The van der Waals surface area contributed by atoms with Crippen LogP contribution in [0, 0.1) is 5.82 Å². The molecule has 0 atom stereocenters. The maximum absolute atomic E-state index is 13.3. The summed E-state index contributed by atoms with van der Waals surface area (Å²) in [5.74, 6) is -0.846. The Morgan fingerprint density at radius 1 is 1.47 bits per heavy atom. The average Bonchev–Trinajstić information content (AvgIpc) is 2.77. The summed E-state index contributed by atoms with van der Waals surface area (Å²) in [6.07, 6.45) is 6.02. The summed E-state index contributed by atoms with van der Waals surface area (Å²) in [5, 5.41) is 4.06. The predicted octanol–water partition coefficient (Wildman–Crippen LogP) is 1.86. The van der Waals surface area contributed by atoms with Gasteiger partial charge in [-0.25, -0.2) is 4.39 Å². The van der Waals surface area contributed by atoms with Gasteiger partial charge in [0.25, 0.3) is 0 Å². The maximum atomic E-state index is 13.3. The Morgan fingerprint density at radius 3 is 2.94 bits per heavy atom. The lowest BCUT2D eigenvalue weighted by atomic mass is 10.1. The van der Waals surface area contributed by atoms with E-state index < -0.39 is 5.82 Å². The van der Waals surface area contributed by atoms with Crippen molar-refractivity contribution in [3.05, 3.63) is 47.8 Å². The second-order valence-electron chi connectivity index (χ2n) is 3.66. The fourth-order valence-corrected chi connectivity index (χ4v) is 1.55. The number of hydrogen-bond acceptors (Lipinski definition) is 3. The molecule has 0 fully saturated rings. The standard InChI is InChI=1S/C12H12FN3O/c1-2-16-8-9(6-15-16)5-12(17)10-3-4-14-7-11(10)13/h3-4,6-8H,2,5H2,1H3. The zero-order valence-electron chi connectivity index (χ0n) is 9.43. The molecule has 2 rings (SSSR count). The highest BCUT2D eigenvalue weighted by molar-refractivity contribution is 5.97. The van der Waals surface area contributed by atoms with E-state index in [1.54, 1.807) is 17.1 Å². The molecule has 0 aromatic carbocycles. The maximum Gasteiger partial charge on any atom is 0.170 e. The SMILES string of the molecule is CCn1cc(CC(=O)c2ccncc2F)cn1. The quantitative estimate of drug-likeness (QED) is 0.757. The fourth-order valence-electron chi connectivity index (χ4n) is 1.55. The zero-order chi connectivity index (χ0) is 12.3. The molecule has 0 N–H and O–H groups in total. The van der Waals surface area contributed by atoms with Gasteiger partial charge >= 0.3 is 0 Å². The van der Waals surface area contributed by atoms with Gasteiger partial charge in [0.05, 0.1) is 18.0 Å². The minimum absolute atomic E-state index is 0.0734. The van der Waals surface area contributed by atoms with E-state index in [-0.39, 0.29) is 17.8 Å². The van der Waals surface area contributed by atoms with Crippen LogP contribution >= 0.6 is 0 Å². The first-order chi connectivity index (χ1) is 8.20. The van der Waals surface area contributed by atoms with Crippen molar-refractivity contribution in [2.75, 3.05) is 0 Å². The summed E-state index contributed by atoms with van der Waals surface area (Å²) < 4.78 is 15.0. The third-order valence-corrected chi connectivity index (χ3v) is 2.45. The number of hydrogen-bond donors (Lipinski definition) is 0. The second kappa shape index (κ2) is 4.86. The average molecular weight is 233 g/mol. The normalized spacial score (nSPS) is 10.5. The van der Waals surface area contributed by atoms with E-state index in [1.165, 1.54) is 12.3 Å². The molecule has 88 valence electrons. The largest absolute Gasteiger partial charge is 0.294 e. The van der Waals surface area contributed by atoms with Gasteiger partial charge in [-0.1, -0.05) is 0 Å². The topological polar surface area (TPSA) is 47.8 Å². The van der Waals surface area contributed by atoms with Gasteiger partial charge in [0.1, 0.15) is 0 Å². The number of ketones is 1. The fraction of sp³-hybridized carbons (Fsp3) is 0.250. The zero-order valence-corrected chi connectivity index (χ0v) is 9.43. The predicted molar refractivity (Wildman–Crippen MR) is 60.1 cm³/mol. The molecule has 0 aliphatic carbocycles. The van der Waals surface area contributed by atoms with Crippen LogP contribution < -0.4 is 0 Å². The Kier molecular flexibility index (Phi) is 3.27. The molecule has 0 aliphatic rings. The van der Waals surface area contributed by atoms with Crippen LogP contribution in [-0.2, 0) is 13.0 Å². The highest BCUT2D eigenvalue weighted by Gasteiger charge is 2.12. The van der Waals surface area contributed by atoms with E-state index in [1.807, 2.05) is 6.92 Å². The van der Waals surface area contributed by atoms with Crippen LogP contribution in [0.3, 0.4) is 0 Å². The highest BCUT2D eigenvalue weighted by Crippen LogP contribution is 2.09. The van der Waals surface area contributed by atoms with Gasteiger partial charge in [0.15, 0.2) is 11.6 Å². The van der Waals surface area contributed by atoms with E-state index in [2.05, 4.69) is 10.1 Å². The van der Waals surface area contributed by atoms with Crippen LogP contribution in [-0.4, -0.2) is 20.5 Å². The van der Waals surface area contributed by atoms with Crippen LogP contribution in [0.25, 0.3) is 0 Å². The number of pyridine rings is 1. The number of carbonyl (C=O) groups excluding carboxylic acids is 1. The Balaban J connectivity index is 2.14. The summed E-state index contributed by atoms with van der Waals surface area (Å²) in [6.45, 7) is 2.71. The molecule has 17 heavy (non-hydrogen) atoms. The Labute approximate surface area is 98.1 Å². The Bertz CT molecular complexity index is 536. The third-order valence-electron chi connectivity index (χ3n) is 2.45. The molecule has 0 bridgehead atoms.